The van der Waals surface area contributed by atoms with Crippen LogP contribution in [0.1, 0.15) is 16.7 Å². The number of benzene rings is 2. The molecule has 0 aliphatic heterocycles. The van der Waals surface area contributed by atoms with Gasteiger partial charge in [-0.05, 0) is 17.2 Å². The number of carbonyl (C=O) groups is 1. The summed E-state index contributed by atoms with van der Waals surface area (Å²) in [6.07, 6.45) is 3.22. The van der Waals surface area contributed by atoms with Crippen LogP contribution in [-0.2, 0) is 18.0 Å². The minimum atomic E-state index is -0.461. The van der Waals surface area contributed by atoms with Crippen LogP contribution < -0.4 is 10.1 Å². The van der Waals surface area contributed by atoms with Crippen molar-refractivity contribution < 1.29 is 19.4 Å². The molecular formula is C19H21NO4. The minimum Gasteiger partial charge on any atom is -0.496 e. The fraction of sp³-hybridized carbons (Fsp3) is 0.211. The number of hydrogen-bond donors (Lipinski definition) is 2. The highest BCUT2D eigenvalue weighted by atomic mass is 16.5. The third-order valence-electron chi connectivity index (χ3n) is 3.37. The molecule has 0 saturated heterocycles. The largest absolute Gasteiger partial charge is 0.496 e. The molecule has 0 bridgehead atoms. The highest BCUT2D eigenvalue weighted by Crippen LogP contribution is 2.20. The standard InChI is InChI=1S/C19H21NO4/c1-23-18-12-15(9-10-17(18)13-21)8-5-11-20-19(22)24-14-16-6-3-2-4-7-16/h2-10,12,21H,11,13-14H2,1H3,(H,20,22). The van der Waals surface area contributed by atoms with Crippen LogP contribution in [0.3, 0.4) is 0 Å². The molecule has 0 atom stereocenters. The van der Waals surface area contributed by atoms with E-state index >= 15 is 0 Å². The van der Waals surface area contributed by atoms with Gasteiger partial charge in [0.1, 0.15) is 12.4 Å². The second-order valence-electron chi connectivity index (χ2n) is 5.07. The van der Waals surface area contributed by atoms with Gasteiger partial charge in [0.05, 0.1) is 13.7 Å². The molecule has 126 valence electrons. The van der Waals surface area contributed by atoms with E-state index < -0.39 is 6.09 Å². The Morgan fingerprint density at radius 1 is 1.21 bits per heavy atom. The lowest BCUT2D eigenvalue weighted by Crippen LogP contribution is -2.24. The lowest BCUT2D eigenvalue weighted by molar-refractivity contribution is 0.141. The van der Waals surface area contributed by atoms with E-state index in [2.05, 4.69) is 5.32 Å². The first kappa shape index (κ1) is 17.6. The molecule has 2 N–H and O–H groups in total. The maximum absolute atomic E-state index is 11.6. The number of aliphatic hydroxyl groups is 1. The van der Waals surface area contributed by atoms with E-state index in [1.165, 1.54) is 0 Å². The van der Waals surface area contributed by atoms with Gasteiger partial charge in [-0.1, -0.05) is 54.6 Å². The predicted molar refractivity (Wildman–Crippen MR) is 92.6 cm³/mol. The zero-order valence-electron chi connectivity index (χ0n) is 13.6. The van der Waals surface area contributed by atoms with E-state index in [9.17, 15) is 9.90 Å². The number of amides is 1. The zero-order chi connectivity index (χ0) is 17.2. The summed E-state index contributed by atoms with van der Waals surface area (Å²) in [4.78, 5) is 11.6. The van der Waals surface area contributed by atoms with Crippen LogP contribution in [0.2, 0.25) is 0 Å². The molecule has 1 amide bonds. The van der Waals surface area contributed by atoms with Crippen molar-refractivity contribution in [2.24, 2.45) is 0 Å². The van der Waals surface area contributed by atoms with Crippen LogP contribution in [0, 0.1) is 0 Å². The summed E-state index contributed by atoms with van der Waals surface area (Å²) in [5.74, 6) is 0.634. The van der Waals surface area contributed by atoms with E-state index in [1.54, 1.807) is 13.2 Å². The normalized spacial score (nSPS) is 10.6. The fourth-order valence-electron chi connectivity index (χ4n) is 2.11. The van der Waals surface area contributed by atoms with Gasteiger partial charge in [0.15, 0.2) is 0 Å². The fourth-order valence-corrected chi connectivity index (χ4v) is 2.11. The number of methoxy groups -OCH3 is 1. The van der Waals surface area contributed by atoms with E-state index in [1.807, 2.05) is 54.6 Å². The third-order valence-corrected chi connectivity index (χ3v) is 3.37. The Morgan fingerprint density at radius 2 is 2.00 bits per heavy atom. The molecule has 0 aliphatic carbocycles. The number of rotatable bonds is 7. The molecule has 2 rings (SSSR count). The van der Waals surface area contributed by atoms with Crippen molar-refractivity contribution in [2.75, 3.05) is 13.7 Å². The van der Waals surface area contributed by atoms with E-state index in [0.29, 0.717) is 12.3 Å². The lowest BCUT2D eigenvalue weighted by Gasteiger charge is -2.07. The van der Waals surface area contributed by atoms with Gasteiger partial charge in [-0.15, -0.1) is 0 Å². The zero-order valence-corrected chi connectivity index (χ0v) is 13.6. The summed E-state index contributed by atoms with van der Waals surface area (Å²) < 4.78 is 10.3. The van der Waals surface area contributed by atoms with Crippen molar-refractivity contribution in [3.63, 3.8) is 0 Å². The van der Waals surface area contributed by atoms with Crippen LogP contribution in [-0.4, -0.2) is 24.9 Å². The highest BCUT2D eigenvalue weighted by Gasteiger charge is 2.02. The number of alkyl carbamates (subject to hydrolysis) is 1. The van der Waals surface area contributed by atoms with Gasteiger partial charge >= 0.3 is 6.09 Å². The van der Waals surface area contributed by atoms with E-state index in [-0.39, 0.29) is 13.2 Å². The summed E-state index contributed by atoms with van der Waals surface area (Å²) in [5, 5.41) is 11.8. The Labute approximate surface area is 141 Å². The number of hydrogen-bond acceptors (Lipinski definition) is 4. The molecule has 0 aromatic heterocycles. The smallest absolute Gasteiger partial charge is 0.407 e. The molecular weight excluding hydrogens is 306 g/mol. The molecule has 0 unspecified atom stereocenters. The Morgan fingerprint density at radius 3 is 2.71 bits per heavy atom. The van der Waals surface area contributed by atoms with Crippen molar-refractivity contribution in [3.05, 3.63) is 71.3 Å². The first-order chi connectivity index (χ1) is 11.7. The molecule has 5 nitrogen and oxygen atoms in total. The number of aliphatic hydroxyl groups excluding tert-OH is 1. The molecule has 2 aromatic rings. The Balaban J connectivity index is 1.76. The first-order valence-electron chi connectivity index (χ1n) is 7.62. The van der Waals surface area contributed by atoms with Crippen molar-refractivity contribution in [1.29, 1.82) is 0 Å². The van der Waals surface area contributed by atoms with Crippen LogP contribution in [0.15, 0.2) is 54.6 Å². The summed E-state index contributed by atoms with van der Waals surface area (Å²) >= 11 is 0. The van der Waals surface area contributed by atoms with Gasteiger partial charge in [0.2, 0.25) is 0 Å². The Kier molecular flexibility index (Phi) is 6.86. The molecule has 0 spiro atoms. The van der Waals surface area contributed by atoms with Crippen molar-refractivity contribution >= 4 is 12.2 Å². The van der Waals surface area contributed by atoms with Crippen molar-refractivity contribution in [3.8, 4) is 5.75 Å². The number of carbonyl (C=O) groups excluding carboxylic acids is 1. The maximum Gasteiger partial charge on any atom is 0.407 e. The average molecular weight is 327 g/mol. The average Bonchev–Trinajstić information content (AvgIpc) is 2.64. The second kappa shape index (κ2) is 9.37. The molecule has 0 heterocycles. The SMILES string of the molecule is COc1cc(C=CCNC(=O)OCc2ccccc2)ccc1CO. The topological polar surface area (TPSA) is 67.8 Å². The maximum atomic E-state index is 11.6. The van der Waals surface area contributed by atoms with E-state index in [0.717, 1.165) is 16.7 Å². The molecule has 24 heavy (non-hydrogen) atoms. The first-order valence-corrected chi connectivity index (χ1v) is 7.62. The Hall–Kier alpha value is -2.79. The van der Waals surface area contributed by atoms with Gasteiger partial charge in [-0.3, -0.25) is 0 Å². The van der Waals surface area contributed by atoms with Gasteiger partial charge in [0.25, 0.3) is 0 Å². The van der Waals surface area contributed by atoms with Gasteiger partial charge in [-0.25, -0.2) is 4.79 Å². The lowest BCUT2D eigenvalue weighted by atomic mass is 10.1. The van der Waals surface area contributed by atoms with Gasteiger partial charge < -0.3 is 19.9 Å². The molecule has 0 fully saturated rings. The summed E-state index contributed by atoms with van der Waals surface area (Å²) in [6, 6.07) is 15.0. The minimum absolute atomic E-state index is 0.0675. The summed E-state index contributed by atoms with van der Waals surface area (Å²) in [5.41, 5.74) is 2.60. The van der Waals surface area contributed by atoms with E-state index in [4.69, 9.17) is 9.47 Å². The van der Waals surface area contributed by atoms with Gasteiger partial charge in [0, 0.05) is 12.1 Å². The van der Waals surface area contributed by atoms with Crippen LogP contribution in [0.5, 0.6) is 5.75 Å². The van der Waals surface area contributed by atoms with Crippen molar-refractivity contribution in [1.82, 2.24) is 5.32 Å². The highest BCUT2D eigenvalue weighted by molar-refractivity contribution is 5.67. The number of ether oxygens (including phenoxy) is 2. The van der Waals surface area contributed by atoms with Crippen LogP contribution in [0.25, 0.3) is 6.08 Å². The van der Waals surface area contributed by atoms with Crippen LogP contribution >= 0.6 is 0 Å². The summed E-state index contributed by atoms with van der Waals surface area (Å²) in [6.45, 7) is 0.538. The second-order valence-corrected chi connectivity index (χ2v) is 5.07. The molecule has 5 heteroatoms. The molecule has 0 saturated carbocycles. The monoisotopic (exact) mass is 327 g/mol. The molecule has 0 radical (unpaired) electrons. The van der Waals surface area contributed by atoms with Gasteiger partial charge in [-0.2, -0.15) is 0 Å². The molecule has 2 aromatic carbocycles. The van der Waals surface area contributed by atoms with Crippen LogP contribution in [0.4, 0.5) is 4.79 Å². The number of nitrogens with one attached hydrogen (secondary N) is 1. The Bertz CT molecular complexity index is 683. The third kappa shape index (κ3) is 5.44. The van der Waals surface area contributed by atoms with Crippen molar-refractivity contribution in [2.45, 2.75) is 13.2 Å². The summed E-state index contributed by atoms with van der Waals surface area (Å²) in [7, 11) is 1.56. The predicted octanol–water partition coefficient (Wildman–Crippen LogP) is 3.13. The quantitative estimate of drug-likeness (QED) is 0.820. The molecule has 0 aliphatic rings.